The van der Waals surface area contributed by atoms with Crippen LogP contribution in [0.25, 0.3) is 0 Å². The first-order chi connectivity index (χ1) is 9.88. The van der Waals surface area contributed by atoms with Crippen molar-refractivity contribution in [2.75, 3.05) is 19.7 Å². The van der Waals surface area contributed by atoms with Gasteiger partial charge in [-0.15, -0.1) is 0 Å². The van der Waals surface area contributed by atoms with E-state index in [2.05, 4.69) is 0 Å². The molecule has 116 valence electrons. The molecular weight excluding hydrogens is 280 g/mol. The zero-order valence-corrected chi connectivity index (χ0v) is 11.9. The van der Waals surface area contributed by atoms with Gasteiger partial charge in [0.25, 0.3) is 5.92 Å². The van der Waals surface area contributed by atoms with Crippen LogP contribution in [0.4, 0.5) is 13.6 Å². The van der Waals surface area contributed by atoms with Crippen molar-refractivity contribution in [3.63, 3.8) is 0 Å². The average Bonchev–Trinajstić information content (AvgIpc) is 2.48. The summed E-state index contributed by atoms with van der Waals surface area (Å²) in [6, 6.07) is 9.05. The number of ether oxygens (including phenoxy) is 1. The fourth-order valence-corrected chi connectivity index (χ4v) is 2.24. The standard InChI is InChI=1S/C15H19F2NO3/c1-14(11-19)7-8-18(10-15(14,16)17)13(20)21-9-12-5-3-2-4-6-12/h2-6,19H,7-11H2,1H3. The highest BCUT2D eigenvalue weighted by Crippen LogP contribution is 2.43. The molecule has 0 aliphatic carbocycles. The van der Waals surface area contributed by atoms with Crippen molar-refractivity contribution in [3.05, 3.63) is 35.9 Å². The molecule has 0 spiro atoms. The Morgan fingerprint density at radius 2 is 2.05 bits per heavy atom. The minimum Gasteiger partial charge on any atom is -0.445 e. The van der Waals surface area contributed by atoms with Crippen molar-refractivity contribution in [1.29, 1.82) is 0 Å². The van der Waals surface area contributed by atoms with E-state index in [-0.39, 0.29) is 19.6 Å². The summed E-state index contributed by atoms with van der Waals surface area (Å²) in [4.78, 5) is 12.9. The fourth-order valence-electron chi connectivity index (χ4n) is 2.24. The summed E-state index contributed by atoms with van der Waals surface area (Å²) in [7, 11) is 0. The van der Waals surface area contributed by atoms with E-state index in [0.29, 0.717) is 0 Å². The van der Waals surface area contributed by atoms with Crippen molar-refractivity contribution in [2.45, 2.75) is 25.9 Å². The molecule has 1 atom stereocenters. The van der Waals surface area contributed by atoms with Gasteiger partial charge in [-0.3, -0.25) is 0 Å². The highest BCUT2D eigenvalue weighted by atomic mass is 19.3. The maximum Gasteiger partial charge on any atom is 0.410 e. The van der Waals surface area contributed by atoms with Crippen molar-refractivity contribution in [3.8, 4) is 0 Å². The molecule has 0 radical (unpaired) electrons. The molecule has 1 aromatic rings. The number of piperidine rings is 1. The van der Waals surface area contributed by atoms with Crippen LogP contribution in [0.5, 0.6) is 0 Å². The van der Waals surface area contributed by atoms with Gasteiger partial charge in [-0.25, -0.2) is 13.6 Å². The van der Waals surface area contributed by atoms with E-state index in [1.807, 2.05) is 18.2 Å². The van der Waals surface area contributed by atoms with Gasteiger partial charge in [0.05, 0.1) is 18.6 Å². The predicted molar refractivity (Wildman–Crippen MR) is 73.0 cm³/mol. The third-order valence-corrected chi connectivity index (χ3v) is 4.02. The molecule has 0 saturated carbocycles. The first-order valence-electron chi connectivity index (χ1n) is 6.82. The Morgan fingerprint density at radius 3 is 2.62 bits per heavy atom. The molecule has 6 heteroatoms. The minimum atomic E-state index is -3.13. The van der Waals surface area contributed by atoms with Crippen molar-refractivity contribution in [2.24, 2.45) is 5.41 Å². The number of amides is 1. The average molecular weight is 299 g/mol. The number of rotatable bonds is 3. The monoisotopic (exact) mass is 299 g/mol. The van der Waals surface area contributed by atoms with E-state index >= 15 is 0 Å². The van der Waals surface area contributed by atoms with Crippen LogP contribution in [0.1, 0.15) is 18.9 Å². The highest BCUT2D eigenvalue weighted by molar-refractivity contribution is 5.68. The van der Waals surface area contributed by atoms with E-state index in [9.17, 15) is 13.6 Å². The minimum absolute atomic E-state index is 0.0386. The Labute approximate surface area is 122 Å². The molecule has 1 aliphatic heterocycles. The second kappa shape index (κ2) is 5.97. The number of nitrogens with zero attached hydrogens (tertiary/aromatic N) is 1. The number of benzene rings is 1. The highest BCUT2D eigenvalue weighted by Gasteiger charge is 2.54. The number of likely N-dealkylation sites (tertiary alicyclic amines) is 1. The van der Waals surface area contributed by atoms with E-state index in [1.165, 1.54) is 6.92 Å². The zero-order valence-electron chi connectivity index (χ0n) is 11.9. The van der Waals surface area contributed by atoms with Gasteiger partial charge in [-0.05, 0) is 12.0 Å². The van der Waals surface area contributed by atoms with Crippen LogP contribution in [-0.2, 0) is 11.3 Å². The molecule has 1 aromatic carbocycles. The largest absolute Gasteiger partial charge is 0.445 e. The molecule has 4 nitrogen and oxygen atoms in total. The smallest absolute Gasteiger partial charge is 0.410 e. The molecule has 2 rings (SSSR count). The van der Waals surface area contributed by atoms with Crippen LogP contribution in [0, 0.1) is 5.41 Å². The molecule has 1 heterocycles. The van der Waals surface area contributed by atoms with Crippen LogP contribution >= 0.6 is 0 Å². The van der Waals surface area contributed by atoms with Gasteiger partial charge < -0.3 is 14.7 Å². The molecule has 1 fully saturated rings. The second-order valence-corrected chi connectivity index (χ2v) is 5.63. The number of halogens is 2. The lowest BCUT2D eigenvalue weighted by Crippen LogP contribution is -2.57. The number of carbonyl (C=O) groups is 1. The molecule has 1 N–H and O–H groups in total. The molecular formula is C15H19F2NO3. The molecule has 21 heavy (non-hydrogen) atoms. The van der Waals surface area contributed by atoms with E-state index in [1.54, 1.807) is 12.1 Å². The zero-order chi connectivity index (χ0) is 15.5. The normalized spacial score (nSPS) is 24.7. The number of hydrogen-bond acceptors (Lipinski definition) is 3. The Kier molecular flexibility index (Phi) is 4.46. The van der Waals surface area contributed by atoms with Gasteiger partial charge in [0.15, 0.2) is 0 Å². The molecule has 1 unspecified atom stereocenters. The number of hydrogen-bond donors (Lipinski definition) is 1. The fraction of sp³-hybridized carbons (Fsp3) is 0.533. The molecule has 1 amide bonds. The Hall–Kier alpha value is -1.69. The Bertz CT molecular complexity index is 495. The Morgan fingerprint density at radius 1 is 1.38 bits per heavy atom. The summed E-state index contributed by atoms with van der Waals surface area (Å²) in [6.45, 7) is 0.212. The van der Waals surface area contributed by atoms with Gasteiger partial charge in [-0.2, -0.15) is 0 Å². The number of alkyl halides is 2. The summed E-state index contributed by atoms with van der Waals surface area (Å²) < 4.78 is 33.1. The summed E-state index contributed by atoms with van der Waals surface area (Å²) in [6.07, 6.45) is -0.713. The lowest BCUT2D eigenvalue weighted by Gasteiger charge is -2.43. The third-order valence-electron chi connectivity index (χ3n) is 4.02. The number of aliphatic hydroxyl groups is 1. The summed E-state index contributed by atoms with van der Waals surface area (Å²) in [5.41, 5.74) is -0.682. The van der Waals surface area contributed by atoms with E-state index in [4.69, 9.17) is 9.84 Å². The molecule has 1 aliphatic rings. The van der Waals surface area contributed by atoms with Crippen molar-refractivity contribution in [1.82, 2.24) is 4.90 Å². The SMILES string of the molecule is CC1(CO)CCN(C(=O)OCc2ccccc2)CC1(F)F. The first kappa shape index (κ1) is 15.7. The predicted octanol–water partition coefficient (Wildman–Crippen LogP) is 2.66. The maximum absolute atomic E-state index is 14.0. The molecule has 1 saturated heterocycles. The topological polar surface area (TPSA) is 49.8 Å². The van der Waals surface area contributed by atoms with Crippen LogP contribution in [0.3, 0.4) is 0 Å². The van der Waals surface area contributed by atoms with E-state index in [0.717, 1.165) is 10.5 Å². The summed E-state index contributed by atoms with van der Waals surface area (Å²) >= 11 is 0. The third kappa shape index (κ3) is 3.32. The van der Waals surface area contributed by atoms with Gasteiger partial charge in [0.2, 0.25) is 0 Å². The van der Waals surface area contributed by atoms with Crippen LogP contribution < -0.4 is 0 Å². The first-order valence-corrected chi connectivity index (χ1v) is 6.82. The number of aliphatic hydroxyl groups excluding tert-OH is 1. The van der Waals surface area contributed by atoms with Crippen molar-refractivity contribution < 1.29 is 23.4 Å². The van der Waals surface area contributed by atoms with Crippen LogP contribution in [0.2, 0.25) is 0 Å². The van der Waals surface area contributed by atoms with Crippen molar-refractivity contribution >= 4 is 6.09 Å². The summed E-state index contributed by atoms with van der Waals surface area (Å²) in [5, 5.41) is 9.15. The van der Waals surface area contributed by atoms with Gasteiger partial charge in [0, 0.05) is 6.54 Å². The van der Waals surface area contributed by atoms with Crippen LogP contribution in [0.15, 0.2) is 30.3 Å². The quantitative estimate of drug-likeness (QED) is 0.933. The molecule has 0 aromatic heterocycles. The van der Waals surface area contributed by atoms with E-state index < -0.39 is 30.6 Å². The molecule has 0 bridgehead atoms. The van der Waals surface area contributed by atoms with Gasteiger partial charge in [0.1, 0.15) is 6.61 Å². The van der Waals surface area contributed by atoms with Gasteiger partial charge in [-0.1, -0.05) is 37.3 Å². The lowest BCUT2D eigenvalue weighted by molar-refractivity contribution is -0.171. The number of carbonyl (C=O) groups excluding carboxylic acids is 1. The Balaban J connectivity index is 1.93. The summed E-state index contributed by atoms with van der Waals surface area (Å²) in [5.74, 6) is -3.13. The van der Waals surface area contributed by atoms with Crippen LogP contribution in [-0.4, -0.2) is 41.7 Å². The maximum atomic E-state index is 14.0. The lowest BCUT2D eigenvalue weighted by atomic mass is 9.78. The second-order valence-electron chi connectivity index (χ2n) is 5.63. The van der Waals surface area contributed by atoms with Gasteiger partial charge >= 0.3 is 6.09 Å².